The molecule has 0 fully saturated rings. The van der Waals surface area contributed by atoms with Gasteiger partial charge in [0.25, 0.3) is 0 Å². The molecule has 0 bridgehead atoms. The Labute approximate surface area is 109 Å². The van der Waals surface area contributed by atoms with Gasteiger partial charge in [-0.2, -0.15) is 0 Å². The van der Waals surface area contributed by atoms with Gasteiger partial charge < -0.3 is 5.32 Å². The second-order valence-electron chi connectivity index (χ2n) is 4.77. The van der Waals surface area contributed by atoms with Crippen molar-refractivity contribution in [3.8, 4) is 0 Å². The molecule has 0 aliphatic rings. The minimum Gasteiger partial charge on any atom is -0.313 e. The number of rotatable bonds is 7. The van der Waals surface area contributed by atoms with Crippen molar-refractivity contribution in [1.82, 2.24) is 5.32 Å². The lowest BCUT2D eigenvalue weighted by Gasteiger charge is -2.27. The van der Waals surface area contributed by atoms with E-state index in [4.69, 9.17) is 0 Å². The van der Waals surface area contributed by atoms with Crippen LogP contribution in [0, 0.1) is 17.6 Å². The third-order valence-electron chi connectivity index (χ3n) is 3.40. The Kier molecular flexibility index (Phi) is 6.27. The molecule has 0 saturated heterocycles. The molecule has 1 N–H and O–H groups in total. The van der Waals surface area contributed by atoms with Crippen LogP contribution in [0.3, 0.4) is 0 Å². The molecule has 3 heteroatoms. The maximum Gasteiger partial charge on any atom is 0.130 e. The molecule has 102 valence electrons. The fourth-order valence-electron chi connectivity index (χ4n) is 2.62. The van der Waals surface area contributed by atoms with Crippen LogP contribution in [0.2, 0.25) is 0 Å². The van der Waals surface area contributed by atoms with Gasteiger partial charge in [-0.15, -0.1) is 0 Å². The second-order valence-corrected chi connectivity index (χ2v) is 4.77. The molecule has 0 amide bonds. The van der Waals surface area contributed by atoms with Crippen molar-refractivity contribution in [1.29, 1.82) is 0 Å². The normalized spacial score (nSPS) is 13.0. The Balaban J connectivity index is 2.98. The molecular weight excluding hydrogens is 232 g/mol. The van der Waals surface area contributed by atoms with E-state index >= 15 is 0 Å². The van der Waals surface area contributed by atoms with Gasteiger partial charge in [-0.05, 0) is 31.9 Å². The average molecular weight is 255 g/mol. The van der Waals surface area contributed by atoms with E-state index in [2.05, 4.69) is 19.2 Å². The highest BCUT2D eigenvalue weighted by molar-refractivity contribution is 5.22. The third-order valence-corrected chi connectivity index (χ3v) is 3.40. The predicted molar refractivity (Wildman–Crippen MR) is 71.5 cm³/mol. The fraction of sp³-hybridized carbons (Fsp3) is 0.600. The Morgan fingerprint density at radius 3 is 2.17 bits per heavy atom. The molecular formula is C15H23F2N. The Morgan fingerprint density at radius 2 is 1.72 bits per heavy atom. The van der Waals surface area contributed by atoms with Crippen molar-refractivity contribution in [3.05, 3.63) is 35.4 Å². The lowest BCUT2D eigenvalue weighted by atomic mass is 9.86. The van der Waals surface area contributed by atoms with Gasteiger partial charge in [0.1, 0.15) is 11.6 Å². The smallest absolute Gasteiger partial charge is 0.130 e. The molecule has 0 saturated carbocycles. The van der Waals surface area contributed by atoms with Crippen LogP contribution in [-0.2, 0) is 0 Å². The first-order chi connectivity index (χ1) is 8.63. The summed E-state index contributed by atoms with van der Waals surface area (Å²) in [6.45, 7) is 4.27. The van der Waals surface area contributed by atoms with E-state index in [0.29, 0.717) is 11.5 Å². The van der Waals surface area contributed by atoms with Gasteiger partial charge >= 0.3 is 0 Å². The standard InChI is InChI=1S/C15H23F2N/c1-4-6-11(7-5-2)15(18-3)13-9-8-12(16)10-14(13)17/h8-11,15,18H,4-7H2,1-3H3. The van der Waals surface area contributed by atoms with Crippen LogP contribution in [0.15, 0.2) is 18.2 Å². The van der Waals surface area contributed by atoms with Crippen molar-refractivity contribution in [2.75, 3.05) is 7.05 Å². The zero-order valence-electron chi connectivity index (χ0n) is 11.5. The van der Waals surface area contributed by atoms with Gasteiger partial charge in [0, 0.05) is 17.7 Å². The van der Waals surface area contributed by atoms with Gasteiger partial charge in [0.15, 0.2) is 0 Å². The van der Waals surface area contributed by atoms with Crippen LogP contribution in [0.4, 0.5) is 8.78 Å². The molecule has 0 aliphatic heterocycles. The van der Waals surface area contributed by atoms with Crippen LogP contribution in [-0.4, -0.2) is 7.05 Å². The molecule has 1 unspecified atom stereocenters. The van der Waals surface area contributed by atoms with Crippen LogP contribution in [0.1, 0.15) is 51.1 Å². The second kappa shape index (κ2) is 7.47. The molecule has 1 aromatic rings. The van der Waals surface area contributed by atoms with Crippen molar-refractivity contribution in [2.24, 2.45) is 5.92 Å². The van der Waals surface area contributed by atoms with Crippen molar-refractivity contribution < 1.29 is 8.78 Å². The van der Waals surface area contributed by atoms with E-state index in [9.17, 15) is 8.78 Å². The molecule has 0 heterocycles. The molecule has 0 radical (unpaired) electrons. The van der Waals surface area contributed by atoms with Gasteiger partial charge in [0.05, 0.1) is 0 Å². The fourth-order valence-corrected chi connectivity index (χ4v) is 2.62. The van der Waals surface area contributed by atoms with E-state index in [1.807, 2.05) is 7.05 Å². The van der Waals surface area contributed by atoms with E-state index in [-0.39, 0.29) is 6.04 Å². The number of halogens is 2. The monoisotopic (exact) mass is 255 g/mol. The van der Waals surface area contributed by atoms with Crippen LogP contribution in [0.25, 0.3) is 0 Å². The summed E-state index contributed by atoms with van der Waals surface area (Å²) in [4.78, 5) is 0. The number of hydrogen-bond donors (Lipinski definition) is 1. The SMILES string of the molecule is CCCC(CCC)C(NC)c1ccc(F)cc1F. The van der Waals surface area contributed by atoms with Crippen LogP contribution >= 0.6 is 0 Å². The predicted octanol–water partition coefficient (Wildman–Crippen LogP) is 4.44. The number of benzene rings is 1. The summed E-state index contributed by atoms with van der Waals surface area (Å²) in [5.41, 5.74) is 0.575. The Hall–Kier alpha value is -0.960. The minimum absolute atomic E-state index is 0.0366. The van der Waals surface area contributed by atoms with Crippen molar-refractivity contribution in [2.45, 2.75) is 45.6 Å². The molecule has 1 aromatic carbocycles. The van der Waals surface area contributed by atoms with E-state index in [1.165, 1.54) is 6.07 Å². The number of nitrogens with one attached hydrogen (secondary N) is 1. The molecule has 0 aliphatic carbocycles. The van der Waals surface area contributed by atoms with Gasteiger partial charge in [-0.25, -0.2) is 8.78 Å². The van der Waals surface area contributed by atoms with E-state index in [0.717, 1.165) is 31.7 Å². The first kappa shape index (κ1) is 15.1. The highest BCUT2D eigenvalue weighted by Gasteiger charge is 2.23. The largest absolute Gasteiger partial charge is 0.313 e. The Bertz CT molecular complexity index is 360. The molecule has 0 aromatic heterocycles. The maximum atomic E-state index is 13.8. The maximum absolute atomic E-state index is 13.8. The zero-order chi connectivity index (χ0) is 13.5. The summed E-state index contributed by atoms with van der Waals surface area (Å²) in [7, 11) is 1.84. The van der Waals surface area contributed by atoms with Gasteiger partial charge in [0.2, 0.25) is 0 Å². The minimum atomic E-state index is -0.520. The molecule has 18 heavy (non-hydrogen) atoms. The molecule has 0 spiro atoms. The lowest BCUT2D eigenvalue weighted by Crippen LogP contribution is -2.26. The topological polar surface area (TPSA) is 12.0 Å². The van der Waals surface area contributed by atoms with Gasteiger partial charge in [-0.1, -0.05) is 32.8 Å². The summed E-state index contributed by atoms with van der Waals surface area (Å²) in [5, 5.41) is 3.19. The lowest BCUT2D eigenvalue weighted by molar-refractivity contribution is 0.323. The summed E-state index contributed by atoms with van der Waals surface area (Å²) in [6, 6.07) is 3.82. The van der Waals surface area contributed by atoms with Crippen LogP contribution < -0.4 is 5.32 Å². The number of hydrogen-bond acceptors (Lipinski definition) is 1. The first-order valence-electron chi connectivity index (χ1n) is 6.76. The molecule has 1 rings (SSSR count). The van der Waals surface area contributed by atoms with Crippen LogP contribution in [0.5, 0.6) is 0 Å². The summed E-state index contributed by atoms with van der Waals surface area (Å²) >= 11 is 0. The summed E-state index contributed by atoms with van der Waals surface area (Å²) in [6.07, 6.45) is 4.25. The molecule has 1 atom stereocenters. The summed E-state index contributed by atoms with van der Waals surface area (Å²) < 4.78 is 26.8. The Morgan fingerprint density at radius 1 is 1.11 bits per heavy atom. The average Bonchev–Trinajstić information content (AvgIpc) is 2.33. The quantitative estimate of drug-likeness (QED) is 0.759. The van der Waals surface area contributed by atoms with Crippen molar-refractivity contribution in [3.63, 3.8) is 0 Å². The third kappa shape index (κ3) is 3.77. The zero-order valence-corrected chi connectivity index (χ0v) is 11.5. The van der Waals surface area contributed by atoms with E-state index in [1.54, 1.807) is 6.07 Å². The van der Waals surface area contributed by atoms with Crippen molar-refractivity contribution >= 4 is 0 Å². The first-order valence-corrected chi connectivity index (χ1v) is 6.76. The van der Waals surface area contributed by atoms with E-state index < -0.39 is 11.6 Å². The highest BCUT2D eigenvalue weighted by atomic mass is 19.1. The highest BCUT2D eigenvalue weighted by Crippen LogP contribution is 2.31. The molecule has 1 nitrogen and oxygen atoms in total. The summed E-state index contributed by atoms with van der Waals surface area (Å²) in [5.74, 6) is -0.579. The van der Waals surface area contributed by atoms with Gasteiger partial charge in [-0.3, -0.25) is 0 Å².